The molecule has 28 heavy (non-hydrogen) atoms. The van der Waals surface area contributed by atoms with Crippen molar-refractivity contribution in [3.05, 3.63) is 24.3 Å². The Hall–Kier alpha value is -1.62. The van der Waals surface area contributed by atoms with Crippen LogP contribution in [-0.4, -0.2) is 48.9 Å². The Bertz CT molecular complexity index is 432. The van der Waals surface area contributed by atoms with Gasteiger partial charge in [0.2, 0.25) is 11.8 Å². The zero-order chi connectivity index (χ0) is 21.2. The second-order valence-corrected chi connectivity index (χ2v) is 7.52. The number of allylic oxidation sites excluding steroid dienone is 4. The highest BCUT2D eigenvalue weighted by Crippen LogP contribution is 2.03. The van der Waals surface area contributed by atoms with Crippen LogP contribution in [0.2, 0.25) is 0 Å². The Kier molecular flexibility index (Phi) is 16.5. The first kappa shape index (κ1) is 26.4. The van der Waals surface area contributed by atoms with Gasteiger partial charge in [-0.3, -0.25) is 14.5 Å². The molecule has 2 amide bonds. The number of hydrogen-bond acceptors (Lipinski definition) is 3. The Morgan fingerprint density at radius 2 is 1.18 bits per heavy atom. The fraction of sp³-hybridized carbons (Fsp3) is 0.739. The molecular weight excluding hydrogens is 350 g/mol. The van der Waals surface area contributed by atoms with E-state index in [-0.39, 0.29) is 23.9 Å². The Labute approximate surface area is 173 Å². The number of hydrogen-bond donors (Lipinski definition) is 2. The van der Waals surface area contributed by atoms with E-state index in [1.54, 1.807) is 0 Å². The quantitative estimate of drug-likeness (QED) is 0.305. The fourth-order valence-corrected chi connectivity index (χ4v) is 2.75. The number of carbonyl (C=O) groups excluding carboxylic acids is 2. The highest BCUT2D eigenvalue weighted by atomic mass is 16.2. The van der Waals surface area contributed by atoms with Crippen LogP contribution in [0.1, 0.15) is 79.1 Å². The molecule has 0 rings (SSSR count). The van der Waals surface area contributed by atoms with Gasteiger partial charge in [-0.15, -0.1) is 0 Å². The third-order valence-electron chi connectivity index (χ3n) is 4.93. The van der Waals surface area contributed by atoms with E-state index < -0.39 is 0 Å². The van der Waals surface area contributed by atoms with Gasteiger partial charge in [-0.1, -0.05) is 38.2 Å². The van der Waals surface area contributed by atoms with Gasteiger partial charge in [0.05, 0.1) is 0 Å². The molecule has 5 nitrogen and oxygen atoms in total. The molecule has 0 bridgehead atoms. The van der Waals surface area contributed by atoms with Gasteiger partial charge in [-0.2, -0.15) is 0 Å². The summed E-state index contributed by atoms with van der Waals surface area (Å²) in [4.78, 5) is 26.1. The molecule has 0 radical (unpaired) electrons. The first-order chi connectivity index (χ1) is 13.4. The third-order valence-corrected chi connectivity index (χ3v) is 4.93. The second kappa shape index (κ2) is 17.5. The van der Waals surface area contributed by atoms with Crippen molar-refractivity contribution in [3.8, 4) is 0 Å². The molecule has 0 aliphatic rings. The van der Waals surface area contributed by atoms with E-state index in [9.17, 15) is 9.59 Å². The molecular formula is C23H43N3O2. The number of carbonyl (C=O) groups is 2. The molecule has 0 aromatic rings. The summed E-state index contributed by atoms with van der Waals surface area (Å²) in [5, 5.41) is 6.04. The summed E-state index contributed by atoms with van der Waals surface area (Å²) in [6.45, 7) is 9.68. The molecule has 0 aromatic heterocycles. The lowest BCUT2D eigenvalue weighted by molar-refractivity contribution is -0.121. The fourth-order valence-electron chi connectivity index (χ4n) is 2.75. The lowest BCUT2D eigenvalue weighted by Crippen LogP contribution is -2.48. The lowest BCUT2D eigenvalue weighted by Gasteiger charge is -2.31. The van der Waals surface area contributed by atoms with Gasteiger partial charge in [-0.05, 0) is 59.4 Å². The van der Waals surface area contributed by atoms with Gasteiger partial charge in [0, 0.05) is 38.0 Å². The summed E-state index contributed by atoms with van der Waals surface area (Å²) < 4.78 is 0. The van der Waals surface area contributed by atoms with Gasteiger partial charge < -0.3 is 10.6 Å². The average molecular weight is 394 g/mol. The summed E-state index contributed by atoms with van der Waals surface area (Å²) in [6.07, 6.45) is 15.5. The van der Waals surface area contributed by atoms with Crippen LogP contribution in [-0.2, 0) is 9.59 Å². The monoisotopic (exact) mass is 393 g/mol. The number of likely N-dealkylation sites (N-methyl/N-ethyl adjacent to an activating group) is 1. The van der Waals surface area contributed by atoms with E-state index in [0.29, 0.717) is 25.9 Å². The van der Waals surface area contributed by atoms with Crippen molar-refractivity contribution in [1.29, 1.82) is 0 Å². The number of nitrogens with one attached hydrogen (secondary N) is 2. The van der Waals surface area contributed by atoms with Crippen LogP contribution in [0.25, 0.3) is 0 Å². The maximum absolute atomic E-state index is 11.9. The highest BCUT2D eigenvalue weighted by molar-refractivity contribution is 5.76. The van der Waals surface area contributed by atoms with Crippen molar-refractivity contribution in [1.82, 2.24) is 15.5 Å². The van der Waals surface area contributed by atoms with E-state index >= 15 is 0 Å². The standard InChI is InChI=1S/C23H43N3O2/c1-6-8-10-12-14-16-22(27)24-18-20(3)26(5)21(4)19-25-23(28)17-15-13-11-9-7-2/h8-11,20-21H,6-7,12-19H2,1-5H3,(H,24,27)(H,25,28)/b10-8+,11-9+. The molecule has 0 saturated heterocycles. The van der Waals surface area contributed by atoms with Crippen molar-refractivity contribution in [3.63, 3.8) is 0 Å². The van der Waals surface area contributed by atoms with Crippen molar-refractivity contribution in [2.24, 2.45) is 0 Å². The smallest absolute Gasteiger partial charge is 0.220 e. The molecule has 2 atom stereocenters. The third kappa shape index (κ3) is 14.4. The summed E-state index contributed by atoms with van der Waals surface area (Å²) in [7, 11) is 2.04. The molecule has 2 N–H and O–H groups in total. The highest BCUT2D eigenvalue weighted by Gasteiger charge is 2.17. The molecule has 0 aromatic carbocycles. The van der Waals surface area contributed by atoms with Crippen molar-refractivity contribution in [2.75, 3.05) is 20.1 Å². The van der Waals surface area contributed by atoms with Crippen LogP contribution in [0, 0.1) is 0 Å². The van der Waals surface area contributed by atoms with Crippen molar-refractivity contribution < 1.29 is 9.59 Å². The molecule has 0 saturated carbocycles. The van der Waals surface area contributed by atoms with Crippen molar-refractivity contribution >= 4 is 11.8 Å². The lowest BCUT2D eigenvalue weighted by atomic mass is 10.2. The second-order valence-electron chi connectivity index (χ2n) is 7.52. The van der Waals surface area contributed by atoms with Crippen LogP contribution in [0.5, 0.6) is 0 Å². The van der Waals surface area contributed by atoms with E-state index in [0.717, 1.165) is 38.5 Å². The maximum atomic E-state index is 11.9. The van der Waals surface area contributed by atoms with Crippen molar-refractivity contribution in [2.45, 2.75) is 91.1 Å². The summed E-state index contributed by atoms with van der Waals surface area (Å²) in [6, 6.07) is 0.435. The topological polar surface area (TPSA) is 61.4 Å². The minimum Gasteiger partial charge on any atom is -0.355 e. The minimum absolute atomic E-state index is 0.114. The van der Waals surface area contributed by atoms with Crippen LogP contribution < -0.4 is 10.6 Å². The van der Waals surface area contributed by atoms with Gasteiger partial charge in [0.25, 0.3) is 0 Å². The van der Waals surface area contributed by atoms with Gasteiger partial charge in [0.1, 0.15) is 0 Å². The molecule has 2 unspecified atom stereocenters. The molecule has 5 heteroatoms. The van der Waals surface area contributed by atoms with E-state index in [1.807, 2.05) is 7.05 Å². The predicted molar refractivity (Wildman–Crippen MR) is 119 cm³/mol. The molecule has 0 aliphatic carbocycles. The Balaban J connectivity index is 3.95. The van der Waals surface area contributed by atoms with Crippen LogP contribution in [0.3, 0.4) is 0 Å². The van der Waals surface area contributed by atoms with E-state index in [4.69, 9.17) is 0 Å². The molecule has 0 fully saturated rings. The number of rotatable bonds is 16. The van der Waals surface area contributed by atoms with Gasteiger partial charge in [-0.25, -0.2) is 0 Å². The summed E-state index contributed by atoms with van der Waals surface area (Å²) >= 11 is 0. The first-order valence-corrected chi connectivity index (χ1v) is 11.0. The maximum Gasteiger partial charge on any atom is 0.220 e. The van der Waals surface area contributed by atoms with Crippen LogP contribution >= 0.6 is 0 Å². The first-order valence-electron chi connectivity index (χ1n) is 11.0. The number of unbranched alkanes of at least 4 members (excludes halogenated alkanes) is 2. The van der Waals surface area contributed by atoms with Crippen LogP contribution in [0.15, 0.2) is 24.3 Å². The predicted octanol–water partition coefficient (Wildman–Crippen LogP) is 4.20. The summed E-state index contributed by atoms with van der Waals surface area (Å²) in [5.74, 6) is 0.228. The molecule has 0 aliphatic heterocycles. The zero-order valence-corrected chi connectivity index (χ0v) is 18.8. The van der Waals surface area contributed by atoms with E-state index in [2.05, 4.69) is 67.5 Å². The van der Waals surface area contributed by atoms with Gasteiger partial charge >= 0.3 is 0 Å². The summed E-state index contributed by atoms with van der Waals surface area (Å²) in [5.41, 5.74) is 0. The largest absolute Gasteiger partial charge is 0.355 e. The number of amides is 2. The molecule has 162 valence electrons. The Morgan fingerprint density at radius 1 is 0.786 bits per heavy atom. The van der Waals surface area contributed by atoms with Gasteiger partial charge in [0.15, 0.2) is 0 Å². The molecule has 0 heterocycles. The average Bonchev–Trinajstić information content (AvgIpc) is 2.69. The van der Waals surface area contributed by atoms with E-state index in [1.165, 1.54) is 0 Å². The normalized spacial score (nSPS) is 13.9. The minimum atomic E-state index is 0.114. The number of nitrogens with zero attached hydrogens (tertiary/aromatic N) is 1. The Morgan fingerprint density at radius 3 is 1.54 bits per heavy atom. The van der Waals surface area contributed by atoms with Crippen LogP contribution in [0.4, 0.5) is 0 Å². The molecule has 0 spiro atoms. The zero-order valence-electron chi connectivity index (χ0n) is 18.8. The SMILES string of the molecule is CC/C=C/CCCC(=O)NCC(C)N(C)C(C)CNC(=O)CCC/C=C/CC.